The van der Waals surface area contributed by atoms with Gasteiger partial charge in [-0.05, 0) is 44.0 Å². The Kier molecular flexibility index (Phi) is 6.56. The van der Waals surface area contributed by atoms with Crippen LogP contribution in [0.1, 0.15) is 36.7 Å². The summed E-state index contributed by atoms with van der Waals surface area (Å²) in [4.78, 5) is 13.5. The molecule has 1 atom stereocenters. The zero-order chi connectivity index (χ0) is 21.0. The first-order valence-electron chi connectivity index (χ1n) is 9.34. The minimum Gasteiger partial charge on any atom is -0.465 e. The minimum absolute atomic E-state index is 0.391. The first kappa shape index (κ1) is 20.9. The molecule has 3 aromatic rings. The molecule has 0 fully saturated rings. The molecule has 0 aliphatic heterocycles. The standard InChI is InChI=1S/C22H23ClN2O4/c1-4-28-13-16-8-7-9-17(12-16)21-20(14(2)24-29-21)25(22(26)27)15(3)18-10-5-6-11-19(18)23/h5-12,15H,4,13H2,1-3H3,(H,26,27). The highest BCUT2D eigenvalue weighted by atomic mass is 35.5. The van der Waals surface area contributed by atoms with Gasteiger partial charge in [-0.25, -0.2) is 4.79 Å². The molecule has 6 nitrogen and oxygen atoms in total. The van der Waals surface area contributed by atoms with Crippen LogP contribution in [-0.4, -0.2) is 23.0 Å². The van der Waals surface area contributed by atoms with Crippen LogP contribution in [0, 0.1) is 6.92 Å². The molecule has 2 aromatic carbocycles. The summed E-state index contributed by atoms with van der Waals surface area (Å²) in [5.74, 6) is 0.391. The van der Waals surface area contributed by atoms with E-state index in [1.165, 1.54) is 4.90 Å². The van der Waals surface area contributed by atoms with E-state index in [9.17, 15) is 9.90 Å². The maximum absolute atomic E-state index is 12.3. The summed E-state index contributed by atoms with van der Waals surface area (Å²) in [6, 6.07) is 14.3. The van der Waals surface area contributed by atoms with Crippen LogP contribution in [0.15, 0.2) is 53.1 Å². The zero-order valence-corrected chi connectivity index (χ0v) is 17.3. The van der Waals surface area contributed by atoms with Gasteiger partial charge in [0.1, 0.15) is 11.4 Å². The third-order valence-electron chi connectivity index (χ3n) is 4.68. The third-order valence-corrected chi connectivity index (χ3v) is 5.03. The van der Waals surface area contributed by atoms with Crippen LogP contribution < -0.4 is 4.90 Å². The van der Waals surface area contributed by atoms with E-state index in [0.717, 1.165) is 11.1 Å². The molecule has 7 heteroatoms. The second-order valence-electron chi connectivity index (χ2n) is 6.63. The summed E-state index contributed by atoms with van der Waals surface area (Å²) in [7, 11) is 0. The van der Waals surface area contributed by atoms with Crippen molar-refractivity contribution in [2.75, 3.05) is 11.5 Å². The van der Waals surface area contributed by atoms with Gasteiger partial charge in [0.15, 0.2) is 5.76 Å². The first-order valence-corrected chi connectivity index (χ1v) is 9.71. The molecule has 0 aliphatic rings. The Morgan fingerprint density at radius 2 is 2.03 bits per heavy atom. The second-order valence-corrected chi connectivity index (χ2v) is 7.04. The molecule has 152 valence electrons. The molecule has 1 heterocycles. The fourth-order valence-electron chi connectivity index (χ4n) is 3.27. The largest absolute Gasteiger partial charge is 0.465 e. The van der Waals surface area contributed by atoms with E-state index in [-0.39, 0.29) is 0 Å². The van der Waals surface area contributed by atoms with E-state index >= 15 is 0 Å². The Morgan fingerprint density at radius 3 is 2.72 bits per heavy atom. The number of carboxylic acid groups (broad SMARTS) is 1. The molecule has 1 amide bonds. The minimum atomic E-state index is -1.12. The Balaban J connectivity index is 2.07. The Hall–Kier alpha value is -2.83. The number of hydrogen-bond donors (Lipinski definition) is 1. The number of aryl methyl sites for hydroxylation is 1. The molecule has 0 bridgehead atoms. The molecule has 29 heavy (non-hydrogen) atoms. The number of rotatable bonds is 7. The van der Waals surface area contributed by atoms with Crippen molar-refractivity contribution in [2.24, 2.45) is 0 Å². The van der Waals surface area contributed by atoms with Crippen LogP contribution in [0.2, 0.25) is 5.02 Å². The van der Waals surface area contributed by atoms with Crippen LogP contribution in [0.5, 0.6) is 0 Å². The van der Waals surface area contributed by atoms with Gasteiger partial charge < -0.3 is 14.4 Å². The predicted molar refractivity (Wildman–Crippen MR) is 112 cm³/mol. The number of carbonyl (C=O) groups is 1. The summed E-state index contributed by atoms with van der Waals surface area (Å²) < 4.78 is 11.0. The normalized spacial score (nSPS) is 12.0. The number of hydrogen-bond acceptors (Lipinski definition) is 4. The molecule has 0 saturated heterocycles. The number of benzene rings is 2. The van der Waals surface area contributed by atoms with Crippen molar-refractivity contribution in [1.29, 1.82) is 0 Å². The monoisotopic (exact) mass is 414 g/mol. The molecule has 1 N–H and O–H groups in total. The van der Waals surface area contributed by atoms with Gasteiger partial charge in [-0.15, -0.1) is 0 Å². The Labute approximate surface area is 174 Å². The number of nitrogens with zero attached hydrogens (tertiary/aromatic N) is 2. The average Bonchev–Trinajstić information content (AvgIpc) is 3.08. The molecule has 0 spiro atoms. The van der Waals surface area contributed by atoms with Gasteiger partial charge in [0.25, 0.3) is 0 Å². The summed E-state index contributed by atoms with van der Waals surface area (Å²) in [5, 5.41) is 14.6. The number of aromatic nitrogens is 1. The van der Waals surface area contributed by atoms with Crippen molar-refractivity contribution < 1.29 is 19.2 Å². The smallest absolute Gasteiger partial charge is 0.412 e. The highest BCUT2D eigenvalue weighted by molar-refractivity contribution is 6.31. The Morgan fingerprint density at radius 1 is 1.28 bits per heavy atom. The summed E-state index contributed by atoms with van der Waals surface area (Å²) >= 11 is 6.32. The van der Waals surface area contributed by atoms with Crippen LogP contribution in [-0.2, 0) is 11.3 Å². The molecular weight excluding hydrogens is 392 g/mol. The highest BCUT2D eigenvalue weighted by Crippen LogP contribution is 2.39. The van der Waals surface area contributed by atoms with Crippen molar-refractivity contribution in [3.63, 3.8) is 0 Å². The van der Waals surface area contributed by atoms with Gasteiger partial charge >= 0.3 is 6.09 Å². The molecule has 3 rings (SSSR count). The zero-order valence-electron chi connectivity index (χ0n) is 16.6. The molecule has 1 aromatic heterocycles. The Bertz CT molecular complexity index is 1000. The van der Waals surface area contributed by atoms with E-state index in [1.807, 2.05) is 49.4 Å². The lowest BCUT2D eigenvalue weighted by Gasteiger charge is -2.27. The van der Waals surface area contributed by atoms with E-state index in [1.54, 1.807) is 19.9 Å². The fraction of sp³-hybridized carbons (Fsp3) is 0.273. The third kappa shape index (κ3) is 4.44. The van der Waals surface area contributed by atoms with E-state index in [4.69, 9.17) is 20.9 Å². The number of halogens is 1. The van der Waals surface area contributed by atoms with Crippen molar-refractivity contribution in [3.8, 4) is 11.3 Å². The molecule has 0 aliphatic carbocycles. The maximum Gasteiger partial charge on any atom is 0.412 e. The maximum atomic E-state index is 12.3. The van der Waals surface area contributed by atoms with Gasteiger partial charge in [-0.3, -0.25) is 4.90 Å². The predicted octanol–water partition coefficient (Wildman–Crippen LogP) is 6.09. The quantitative estimate of drug-likeness (QED) is 0.506. The van der Waals surface area contributed by atoms with E-state index in [2.05, 4.69) is 5.16 Å². The van der Waals surface area contributed by atoms with Crippen LogP contribution in [0.4, 0.5) is 10.5 Å². The number of amides is 1. The molecule has 1 unspecified atom stereocenters. The van der Waals surface area contributed by atoms with E-state index < -0.39 is 12.1 Å². The van der Waals surface area contributed by atoms with Crippen LogP contribution >= 0.6 is 11.6 Å². The molecule has 0 saturated carbocycles. The molecular formula is C22H23ClN2O4. The SMILES string of the molecule is CCOCc1cccc(-c2onc(C)c2N(C(=O)O)C(C)c2ccccc2Cl)c1. The highest BCUT2D eigenvalue weighted by Gasteiger charge is 2.31. The summed E-state index contributed by atoms with van der Waals surface area (Å²) in [6.45, 7) is 6.52. The van der Waals surface area contributed by atoms with Crippen molar-refractivity contribution in [1.82, 2.24) is 5.16 Å². The van der Waals surface area contributed by atoms with Crippen molar-refractivity contribution in [3.05, 3.63) is 70.4 Å². The fourth-order valence-corrected chi connectivity index (χ4v) is 3.56. The van der Waals surface area contributed by atoms with Gasteiger partial charge in [-0.1, -0.05) is 53.2 Å². The lowest BCUT2D eigenvalue weighted by molar-refractivity contribution is 0.134. The summed E-state index contributed by atoms with van der Waals surface area (Å²) in [5.41, 5.74) is 3.28. The average molecular weight is 415 g/mol. The van der Waals surface area contributed by atoms with Gasteiger partial charge in [0.05, 0.1) is 12.6 Å². The second kappa shape index (κ2) is 9.11. The van der Waals surface area contributed by atoms with E-state index in [0.29, 0.717) is 40.9 Å². The van der Waals surface area contributed by atoms with Crippen molar-refractivity contribution >= 4 is 23.4 Å². The van der Waals surface area contributed by atoms with Crippen molar-refractivity contribution in [2.45, 2.75) is 33.4 Å². The first-order chi connectivity index (χ1) is 13.9. The topological polar surface area (TPSA) is 75.8 Å². The van der Waals surface area contributed by atoms with Crippen LogP contribution in [0.3, 0.4) is 0 Å². The molecule has 0 radical (unpaired) electrons. The van der Waals surface area contributed by atoms with Gasteiger partial charge in [0, 0.05) is 17.2 Å². The summed E-state index contributed by atoms with van der Waals surface area (Å²) in [6.07, 6.45) is -1.12. The van der Waals surface area contributed by atoms with Gasteiger partial charge in [-0.2, -0.15) is 0 Å². The lowest BCUT2D eigenvalue weighted by atomic mass is 10.0. The number of ether oxygens (including phenoxy) is 1. The van der Waals surface area contributed by atoms with Crippen LogP contribution in [0.25, 0.3) is 11.3 Å². The lowest BCUT2D eigenvalue weighted by Crippen LogP contribution is -2.33. The number of anilines is 1. The van der Waals surface area contributed by atoms with Gasteiger partial charge in [0.2, 0.25) is 0 Å².